The lowest BCUT2D eigenvalue weighted by Crippen LogP contribution is -2.13. The van der Waals surface area contributed by atoms with Gasteiger partial charge >= 0.3 is 0 Å². The number of aromatic nitrogens is 5. The number of carbonyl (C=O) groups is 1. The van der Waals surface area contributed by atoms with Crippen LogP contribution < -0.4 is 11.1 Å². The Morgan fingerprint density at radius 2 is 2.47 bits per heavy atom. The van der Waals surface area contributed by atoms with E-state index in [-0.39, 0.29) is 11.6 Å². The summed E-state index contributed by atoms with van der Waals surface area (Å²) in [7, 11) is 0. The third kappa shape index (κ3) is 2.67. The summed E-state index contributed by atoms with van der Waals surface area (Å²) in [6.45, 7) is 2.82. The van der Waals surface area contributed by atoms with Crippen LogP contribution in [0.25, 0.3) is 0 Å². The van der Waals surface area contributed by atoms with E-state index in [0.717, 1.165) is 5.69 Å². The standard InChI is InChI=1S/C9H13N7O/c1-6-4-8(14-12-6)11-9(17)7-5-16(3-2-10)15-13-7/h4-5H,2-3,10H2,1H3,(H2,11,12,14,17). The molecule has 0 aliphatic heterocycles. The highest BCUT2D eigenvalue weighted by Crippen LogP contribution is 2.05. The minimum Gasteiger partial charge on any atom is -0.329 e. The van der Waals surface area contributed by atoms with Gasteiger partial charge in [-0.2, -0.15) is 5.10 Å². The normalized spacial score (nSPS) is 10.5. The molecule has 0 fully saturated rings. The summed E-state index contributed by atoms with van der Waals surface area (Å²) < 4.78 is 1.52. The lowest BCUT2D eigenvalue weighted by Gasteiger charge is -1.96. The number of hydrogen-bond acceptors (Lipinski definition) is 5. The summed E-state index contributed by atoms with van der Waals surface area (Å²) in [5.41, 5.74) is 6.47. The van der Waals surface area contributed by atoms with Crippen LogP contribution in [0.5, 0.6) is 0 Å². The van der Waals surface area contributed by atoms with E-state index in [9.17, 15) is 4.79 Å². The van der Waals surface area contributed by atoms with Crippen molar-refractivity contribution in [3.05, 3.63) is 23.7 Å². The van der Waals surface area contributed by atoms with Crippen LogP contribution >= 0.6 is 0 Å². The largest absolute Gasteiger partial charge is 0.329 e. The first kappa shape index (κ1) is 11.3. The minimum atomic E-state index is -0.347. The van der Waals surface area contributed by atoms with E-state index < -0.39 is 0 Å². The predicted octanol–water partition coefficient (Wildman–Crippen LogP) is -0.479. The molecule has 8 heteroatoms. The molecule has 0 spiro atoms. The van der Waals surface area contributed by atoms with Crippen LogP contribution in [0, 0.1) is 6.92 Å². The van der Waals surface area contributed by atoms with Gasteiger partial charge in [0, 0.05) is 18.3 Å². The minimum absolute atomic E-state index is 0.235. The molecule has 8 nitrogen and oxygen atoms in total. The zero-order valence-electron chi connectivity index (χ0n) is 9.34. The number of carbonyl (C=O) groups excluding carboxylic acids is 1. The van der Waals surface area contributed by atoms with Gasteiger partial charge in [0.25, 0.3) is 5.91 Å². The number of aromatic amines is 1. The van der Waals surface area contributed by atoms with Crippen LogP contribution in [-0.2, 0) is 6.54 Å². The van der Waals surface area contributed by atoms with Crippen LogP contribution in [0.15, 0.2) is 12.3 Å². The second-order valence-electron chi connectivity index (χ2n) is 3.55. The van der Waals surface area contributed by atoms with E-state index in [1.807, 2.05) is 6.92 Å². The summed E-state index contributed by atoms with van der Waals surface area (Å²) in [4.78, 5) is 11.7. The smallest absolute Gasteiger partial charge is 0.279 e. The summed E-state index contributed by atoms with van der Waals surface area (Å²) in [5, 5.41) is 16.7. The van der Waals surface area contributed by atoms with E-state index in [1.54, 1.807) is 12.3 Å². The fraction of sp³-hybridized carbons (Fsp3) is 0.333. The van der Waals surface area contributed by atoms with Gasteiger partial charge in [-0.25, -0.2) is 0 Å². The van der Waals surface area contributed by atoms with Gasteiger partial charge < -0.3 is 11.1 Å². The number of amides is 1. The van der Waals surface area contributed by atoms with Crippen LogP contribution in [0.2, 0.25) is 0 Å². The summed E-state index contributed by atoms with van der Waals surface area (Å²) in [6, 6.07) is 1.72. The maximum Gasteiger partial charge on any atom is 0.279 e. The molecule has 2 heterocycles. The maximum absolute atomic E-state index is 11.7. The Bertz CT molecular complexity index is 515. The van der Waals surface area contributed by atoms with Crippen LogP contribution in [-0.4, -0.2) is 37.6 Å². The van der Waals surface area contributed by atoms with Gasteiger partial charge in [-0.15, -0.1) is 5.10 Å². The molecule has 0 aliphatic carbocycles. The number of anilines is 1. The molecule has 0 aliphatic rings. The molecular weight excluding hydrogens is 222 g/mol. The molecule has 0 saturated heterocycles. The van der Waals surface area contributed by atoms with Crippen molar-refractivity contribution in [2.45, 2.75) is 13.5 Å². The quantitative estimate of drug-likeness (QED) is 0.662. The first-order valence-electron chi connectivity index (χ1n) is 5.12. The molecule has 0 radical (unpaired) electrons. The van der Waals surface area contributed by atoms with Crippen molar-refractivity contribution in [1.29, 1.82) is 0 Å². The van der Waals surface area contributed by atoms with Crippen LogP contribution in [0.4, 0.5) is 5.82 Å². The van der Waals surface area contributed by atoms with Crippen molar-refractivity contribution < 1.29 is 4.79 Å². The average molecular weight is 235 g/mol. The van der Waals surface area contributed by atoms with Gasteiger partial charge in [-0.3, -0.25) is 14.6 Å². The number of H-pyrrole nitrogens is 1. The molecule has 0 saturated carbocycles. The van der Waals surface area contributed by atoms with Gasteiger partial charge in [0.05, 0.1) is 12.7 Å². The van der Waals surface area contributed by atoms with E-state index in [4.69, 9.17) is 5.73 Å². The van der Waals surface area contributed by atoms with Gasteiger partial charge in [0.15, 0.2) is 11.5 Å². The van der Waals surface area contributed by atoms with Gasteiger partial charge in [0.2, 0.25) is 0 Å². The maximum atomic E-state index is 11.7. The third-order valence-electron chi connectivity index (χ3n) is 2.08. The molecule has 2 rings (SSSR count). The number of hydrogen-bond donors (Lipinski definition) is 3. The molecule has 2 aromatic heterocycles. The first-order valence-corrected chi connectivity index (χ1v) is 5.12. The summed E-state index contributed by atoms with van der Waals surface area (Å²) in [6.07, 6.45) is 1.54. The molecule has 0 aromatic carbocycles. The van der Waals surface area contributed by atoms with Crippen molar-refractivity contribution in [2.75, 3.05) is 11.9 Å². The third-order valence-corrected chi connectivity index (χ3v) is 2.08. The lowest BCUT2D eigenvalue weighted by atomic mass is 10.4. The number of aryl methyl sites for hydroxylation is 1. The van der Waals surface area contributed by atoms with Crippen LogP contribution in [0.1, 0.15) is 16.2 Å². The Hall–Kier alpha value is -2.22. The van der Waals surface area contributed by atoms with Crippen LogP contribution in [0.3, 0.4) is 0 Å². The van der Waals surface area contributed by atoms with Gasteiger partial charge in [-0.05, 0) is 6.92 Å². The number of nitrogens with zero attached hydrogens (tertiary/aromatic N) is 4. The van der Waals surface area contributed by atoms with Crippen molar-refractivity contribution in [3.63, 3.8) is 0 Å². The predicted molar refractivity (Wildman–Crippen MR) is 60.4 cm³/mol. The molecule has 2 aromatic rings. The van der Waals surface area contributed by atoms with Crippen molar-refractivity contribution >= 4 is 11.7 Å². The highest BCUT2D eigenvalue weighted by molar-refractivity contribution is 6.02. The fourth-order valence-corrected chi connectivity index (χ4v) is 1.31. The number of rotatable bonds is 4. The van der Waals surface area contributed by atoms with Gasteiger partial charge in [0.1, 0.15) is 0 Å². The van der Waals surface area contributed by atoms with E-state index >= 15 is 0 Å². The van der Waals surface area contributed by atoms with E-state index in [0.29, 0.717) is 18.9 Å². The topological polar surface area (TPSA) is 115 Å². The fourth-order valence-electron chi connectivity index (χ4n) is 1.31. The molecule has 0 atom stereocenters. The molecule has 0 unspecified atom stereocenters. The zero-order valence-corrected chi connectivity index (χ0v) is 9.34. The SMILES string of the molecule is Cc1cc(NC(=O)c2cn(CCN)nn2)n[nH]1. The second kappa shape index (κ2) is 4.74. The number of nitrogens with two attached hydrogens (primary N) is 1. The Morgan fingerprint density at radius 3 is 3.12 bits per heavy atom. The number of nitrogens with one attached hydrogen (secondary N) is 2. The summed E-state index contributed by atoms with van der Waals surface area (Å²) >= 11 is 0. The first-order chi connectivity index (χ1) is 8.19. The van der Waals surface area contributed by atoms with Crippen molar-refractivity contribution in [2.24, 2.45) is 5.73 Å². The monoisotopic (exact) mass is 235 g/mol. The molecule has 0 bridgehead atoms. The molecule has 1 amide bonds. The molecule has 90 valence electrons. The zero-order chi connectivity index (χ0) is 12.3. The molecule has 17 heavy (non-hydrogen) atoms. The summed E-state index contributed by atoms with van der Waals surface area (Å²) in [5.74, 6) is 0.112. The Labute approximate surface area is 97.2 Å². The highest BCUT2D eigenvalue weighted by Gasteiger charge is 2.11. The van der Waals surface area contributed by atoms with Gasteiger partial charge in [-0.1, -0.05) is 5.21 Å². The lowest BCUT2D eigenvalue weighted by molar-refractivity contribution is 0.102. The van der Waals surface area contributed by atoms with Crippen molar-refractivity contribution in [3.8, 4) is 0 Å². The van der Waals surface area contributed by atoms with E-state index in [1.165, 1.54) is 4.68 Å². The molecule has 4 N–H and O–H groups in total. The van der Waals surface area contributed by atoms with E-state index in [2.05, 4.69) is 25.8 Å². The Balaban J connectivity index is 2.03. The average Bonchev–Trinajstić information content (AvgIpc) is 2.88. The second-order valence-corrected chi connectivity index (χ2v) is 3.55. The highest BCUT2D eigenvalue weighted by atomic mass is 16.2. The van der Waals surface area contributed by atoms with Crippen molar-refractivity contribution in [1.82, 2.24) is 25.2 Å². The Morgan fingerprint density at radius 1 is 1.65 bits per heavy atom. The molecular formula is C9H13N7O. The Kier molecular flexibility index (Phi) is 3.15.